The number of rotatable bonds is 13. The minimum atomic E-state index is -0.252. The van der Waals surface area contributed by atoms with Crippen LogP contribution in [0, 0.1) is 13.8 Å². The number of aryl methyl sites for hydroxylation is 2. The van der Waals surface area contributed by atoms with Gasteiger partial charge in [0.2, 0.25) is 0 Å². The van der Waals surface area contributed by atoms with Gasteiger partial charge in [-0.3, -0.25) is 9.59 Å². The van der Waals surface area contributed by atoms with E-state index in [4.69, 9.17) is 9.47 Å². The third-order valence-corrected chi connectivity index (χ3v) is 9.62. The lowest BCUT2D eigenvalue weighted by Crippen LogP contribution is -2.15. The number of hydrogen-bond acceptors (Lipinski definition) is 4. The summed E-state index contributed by atoms with van der Waals surface area (Å²) in [5.41, 5.74) is 8.47. The molecule has 0 aliphatic rings. The van der Waals surface area contributed by atoms with Crippen LogP contribution in [-0.4, -0.2) is 25.0 Å². The molecule has 2 N–H and O–H groups in total. The van der Waals surface area contributed by atoms with Gasteiger partial charge in [-0.15, -0.1) is 0 Å². The smallest absolute Gasteiger partial charge is 0.259 e. The van der Waals surface area contributed by atoms with Gasteiger partial charge in [-0.1, -0.05) is 105 Å². The van der Waals surface area contributed by atoms with Gasteiger partial charge in [0.15, 0.2) is 0 Å². The molecule has 262 valence electrons. The minimum Gasteiger partial charge on any atom is -0.492 e. The summed E-state index contributed by atoms with van der Waals surface area (Å²) in [7, 11) is 0. The lowest BCUT2D eigenvalue weighted by atomic mass is 9.99. The number of carbonyl (C=O) groups excluding carboxylic acids is 2. The molecule has 6 nitrogen and oxygen atoms in total. The molecule has 0 heterocycles. The van der Waals surface area contributed by atoms with Crippen molar-refractivity contribution in [3.63, 3.8) is 0 Å². The summed E-state index contributed by atoms with van der Waals surface area (Å²) in [6.07, 6.45) is 1.48. The first kappa shape index (κ1) is 36.6. The third-order valence-electron chi connectivity index (χ3n) is 8.64. The molecule has 0 fully saturated rings. The number of nitrogens with one attached hydrogen (secondary N) is 2. The Balaban J connectivity index is 1.10. The molecule has 2 amide bonds. The van der Waals surface area contributed by atoms with Crippen LogP contribution < -0.4 is 20.1 Å². The molecule has 0 saturated carbocycles. The molecular weight excluding hydrogens is 780 g/mol. The average molecular weight is 819 g/mol. The normalized spacial score (nSPS) is 10.8. The van der Waals surface area contributed by atoms with Crippen LogP contribution in [0.1, 0.15) is 43.0 Å². The topological polar surface area (TPSA) is 76.7 Å². The molecule has 6 aromatic rings. The largest absolute Gasteiger partial charge is 0.492 e. The molecule has 0 radical (unpaired) electrons. The lowest BCUT2D eigenvalue weighted by molar-refractivity contribution is 0.101. The molecule has 0 unspecified atom stereocenters. The van der Waals surface area contributed by atoms with Crippen LogP contribution in [0.15, 0.2) is 142 Å². The first-order valence-corrected chi connectivity index (χ1v) is 18.6. The maximum absolute atomic E-state index is 13.5. The van der Waals surface area contributed by atoms with Gasteiger partial charge in [0.05, 0.1) is 24.3 Å². The average Bonchev–Trinajstić information content (AvgIpc) is 3.15. The highest BCUT2D eigenvalue weighted by molar-refractivity contribution is 9.10. The van der Waals surface area contributed by atoms with E-state index < -0.39 is 0 Å². The molecule has 0 aromatic heterocycles. The Bertz CT molecular complexity index is 2030. The van der Waals surface area contributed by atoms with Crippen molar-refractivity contribution in [1.82, 2.24) is 0 Å². The van der Waals surface area contributed by atoms with E-state index in [9.17, 15) is 9.59 Å². The van der Waals surface area contributed by atoms with Gasteiger partial charge in [0.25, 0.3) is 11.8 Å². The summed E-state index contributed by atoms with van der Waals surface area (Å²) in [5.74, 6) is 0.552. The number of ether oxygens (including phenoxy) is 2. The second kappa shape index (κ2) is 17.4. The fraction of sp³-hybridized carbons (Fsp3) is 0.136. The van der Waals surface area contributed by atoms with E-state index in [1.807, 2.05) is 111 Å². The number of amides is 2. The lowest BCUT2D eigenvalue weighted by Gasteiger charge is -2.15. The fourth-order valence-electron chi connectivity index (χ4n) is 5.80. The van der Waals surface area contributed by atoms with Crippen LogP contribution in [0.3, 0.4) is 0 Å². The summed E-state index contributed by atoms with van der Waals surface area (Å²) in [6, 6.07) is 43.0. The second-order valence-corrected chi connectivity index (χ2v) is 14.2. The van der Waals surface area contributed by atoms with Crippen LogP contribution >= 0.6 is 31.9 Å². The van der Waals surface area contributed by atoms with Crippen molar-refractivity contribution < 1.29 is 19.1 Å². The van der Waals surface area contributed by atoms with E-state index >= 15 is 0 Å². The number of benzene rings is 6. The van der Waals surface area contributed by atoms with Crippen molar-refractivity contribution in [2.24, 2.45) is 0 Å². The van der Waals surface area contributed by atoms with Crippen molar-refractivity contribution >= 4 is 55.0 Å². The van der Waals surface area contributed by atoms with Gasteiger partial charge in [-0.2, -0.15) is 0 Å². The van der Waals surface area contributed by atoms with Crippen molar-refractivity contribution in [1.29, 1.82) is 0 Å². The minimum absolute atomic E-state index is 0.252. The van der Waals surface area contributed by atoms with Gasteiger partial charge >= 0.3 is 0 Å². The van der Waals surface area contributed by atoms with E-state index in [0.29, 0.717) is 47.2 Å². The van der Waals surface area contributed by atoms with Crippen LogP contribution in [0.4, 0.5) is 11.4 Å². The van der Waals surface area contributed by atoms with Gasteiger partial charge in [0, 0.05) is 33.2 Å². The zero-order valence-corrected chi connectivity index (χ0v) is 32.1. The molecule has 0 bridgehead atoms. The van der Waals surface area contributed by atoms with Crippen LogP contribution in [0.2, 0.25) is 0 Å². The van der Waals surface area contributed by atoms with Crippen LogP contribution in [0.25, 0.3) is 11.1 Å². The van der Waals surface area contributed by atoms with Crippen LogP contribution in [0.5, 0.6) is 11.5 Å². The zero-order valence-electron chi connectivity index (χ0n) is 28.9. The maximum atomic E-state index is 13.5. The molecule has 0 saturated heterocycles. The second-order valence-electron chi connectivity index (χ2n) is 12.4. The Morgan fingerprint density at radius 1 is 0.519 bits per heavy atom. The molecule has 6 rings (SSSR count). The Labute approximate surface area is 321 Å². The maximum Gasteiger partial charge on any atom is 0.259 e. The Kier molecular flexibility index (Phi) is 12.2. The van der Waals surface area contributed by atoms with E-state index in [1.165, 1.54) is 11.1 Å². The summed E-state index contributed by atoms with van der Waals surface area (Å²) in [6.45, 7) is 4.85. The van der Waals surface area contributed by atoms with Gasteiger partial charge in [-0.25, -0.2) is 0 Å². The SMILES string of the molecule is Cc1cc(-c2ccc(NC(=O)c3cc(Br)ccc3OCCc3ccccc3)c(C)c2)ccc1NC(=O)c1cc(Br)ccc1OCCc1ccccc1. The highest BCUT2D eigenvalue weighted by atomic mass is 79.9. The predicted molar refractivity (Wildman–Crippen MR) is 217 cm³/mol. The van der Waals surface area contributed by atoms with Gasteiger partial charge in [-0.05, 0) is 108 Å². The summed E-state index contributed by atoms with van der Waals surface area (Å²) >= 11 is 6.99. The molecule has 52 heavy (non-hydrogen) atoms. The molecule has 6 aromatic carbocycles. The van der Waals surface area contributed by atoms with E-state index in [1.54, 1.807) is 12.1 Å². The quantitative estimate of drug-likeness (QED) is 0.122. The standard InChI is InChI=1S/C44H38Br2N2O4/c1-29-25-33(13-17-39(29)47-43(49)37-27-35(45)15-19-41(37)51-23-21-31-9-5-3-6-10-31)34-14-18-40(30(2)26-34)48-44(50)38-28-36(46)16-20-42(38)52-24-22-32-11-7-4-8-12-32/h3-20,25-28H,21-24H2,1-2H3,(H,47,49)(H,48,50). The summed E-state index contributed by atoms with van der Waals surface area (Å²) in [5, 5.41) is 6.13. The van der Waals surface area contributed by atoms with Crippen molar-refractivity contribution in [3.05, 3.63) is 176 Å². The highest BCUT2D eigenvalue weighted by Crippen LogP contribution is 2.31. The first-order chi connectivity index (χ1) is 25.2. The van der Waals surface area contributed by atoms with E-state index in [2.05, 4.69) is 66.8 Å². The summed E-state index contributed by atoms with van der Waals surface area (Å²) in [4.78, 5) is 27.0. The zero-order chi connectivity index (χ0) is 36.5. The third kappa shape index (κ3) is 9.57. The Hall–Kier alpha value is -5.18. The van der Waals surface area contributed by atoms with Gasteiger partial charge in [0.1, 0.15) is 11.5 Å². The molecule has 0 aliphatic carbocycles. The van der Waals surface area contributed by atoms with Gasteiger partial charge < -0.3 is 20.1 Å². The van der Waals surface area contributed by atoms with Crippen molar-refractivity contribution in [3.8, 4) is 22.6 Å². The van der Waals surface area contributed by atoms with Crippen molar-refractivity contribution in [2.75, 3.05) is 23.8 Å². The molecule has 0 spiro atoms. The number of hydrogen-bond donors (Lipinski definition) is 2. The Morgan fingerprint density at radius 3 is 1.31 bits per heavy atom. The first-order valence-electron chi connectivity index (χ1n) is 17.0. The highest BCUT2D eigenvalue weighted by Gasteiger charge is 2.17. The monoisotopic (exact) mass is 816 g/mol. The molecule has 0 atom stereocenters. The number of anilines is 2. The molecule has 0 aliphatic heterocycles. The fourth-order valence-corrected chi connectivity index (χ4v) is 6.53. The van der Waals surface area contributed by atoms with Crippen molar-refractivity contribution in [2.45, 2.75) is 26.7 Å². The van der Waals surface area contributed by atoms with E-state index in [-0.39, 0.29) is 11.8 Å². The van der Waals surface area contributed by atoms with Crippen LogP contribution in [-0.2, 0) is 12.8 Å². The predicted octanol–water partition coefficient (Wildman–Crippen LogP) is 11.2. The summed E-state index contributed by atoms with van der Waals surface area (Å²) < 4.78 is 13.7. The van der Waals surface area contributed by atoms with E-state index in [0.717, 1.165) is 44.0 Å². The molecule has 8 heteroatoms. The number of halogens is 2. The number of carbonyl (C=O) groups is 2. The molecular formula is C44H38Br2N2O4. The Morgan fingerprint density at radius 2 is 0.923 bits per heavy atom.